The van der Waals surface area contributed by atoms with E-state index in [9.17, 15) is 4.57 Å². The van der Waals surface area contributed by atoms with Gasteiger partial charge < -0.3 is 9.05 Å². The first-order valence-electron chi connectivity index (χ1n) is 7.39. The summed E-state index contributed by atoms with van der Waals surface area (Å²) in [7, 11) is 3.09. The van der Waals surface area contributed by atoms with Crippen LogP contribution in [0, 0.1) is 11.8 Å². The van der Waals surface area contributed by atoms with E-state index < -0.39 is 7.60 Å². The Morgan fingerprint density at radius 2 is 1.89 bits per heavy atom. The Morgan fingerprint density at radius 3 is 2.42 bits per heavy atom. The van der Waals surface area contributed by atoms with E-state index in [2.05, 4.69) is 13.8 Å². The van der Waals surface area contributed by atoms with Gasteiger partial charge in [0.2, 0.25) is 0 Å². The molecule has 0 bridgehead atoms. The van der Waals surface area contributed by atoms with Gasteiger partial charge in [0.1, 0.15) is 0 Å². The molecule has 1 saturated carbocycles. The van der Waals surface area contributed by atoms with E-state index in [-0.39, 0.29) is 18.0 Å². The molecule has 0 N–H and O–H groups in total. The molecule has 0 aromatic carbocycles. The van der Waals surface area contributed by atoms with Crippen molar-refractivity contribution < 1.29 is 13.6 Å². The summed E-state index contributed by atoms with van der Waals surface area (Å²) >= 11 is 0. The van der Waals surface area contributed by atoms with Crippen molar-refractivity contribution >= 4 is 15.4 Å². The van der Waals surface area contributed by atoms with E-state index in [1.807, 2.05) is 13.8 Å². The Kier molecular flexibility index (Phi) is 6.62. The van der Waals surface area contributed by atoms with Crippen LogP contribution in [-0.4, -0.2) is 26.7 Å². The highest BCUT2D eigenvalue weighted by atomic mass is 31.2. The summed E-state index contributed by atoms with van der Waals surface area (Å²) in [4.78, 5) is 0. The van der Waals surface area contributed by atoms with Crippen molar-refractivity contribution in [2.45, 2.75) is 71.4 Å². The van der Waals surface area contributed by atoms with Crippen LogP contribution in [0.2, 0.25) is 5.82 Å². The van der Waals surface area contributed by atoms with E-state index >= 15 is 0 Å². The Hall–Kier alpha value is 0.215. The smallest absolute Gasteiger partial charge is 0.306 e. The third kappa shape index (κ3) is 6.47. The zero-order valence-corrected chi connectivity index (χ0v) is 13.9. The Bertz CT molecular complexity index is 318. The van der Waals surface area contributed by atoms with Gasteiger partial charge >= 0.3 is 7.60 Å². The second-order valence-electron chi connectivity index (χ2n) is 6.53. The van der Waals surface area contributed by atoms with Gasteiger partial charge in [-0.25, -0.2) is 0 Å². The monoisotopic (exact) mass is 286 g/mol. The topological polar surface area (TPSA) is 35.5 Å². The molecule has 0 aliphatic heterocycles. The lowest BCUT2D eigenvalue weighted by Gasteiger charge is -2.37. The molecule has 0 amide bonds. The zero-order chi connectivity index (χ0) is 14.6. The van der Waals surface area contributed by atoms with Crippen molar-refractivity contribution in [1.29, 1.82) is 0 Å². The van der Waals surface area contributed by atoms with E-state index in [4.69, 9.17) is 16.9 Å². The summed E-state index contributed by atoms with van der Waals surface area (Å²) in [5.41, 5.74) is 0. The average Bonchev–Trinajstić information content (AvgIpc) is 2.19. The summed E-state index contributed by atoms with van der Waals surface area (Å²) < 4.78 is 23.6. The van der Waals surface area contributed by atoms with Gasteiger partial charge in [0.15, 0.2) is 0 Å². The van der Waals surface area contributed by atoms with Crippen LogP contribution in [0.1, 0.15) is 53.4 Å². The molecule has 2 radical (unpaired) electrons. The Labute approximate surface area is 119 Å². The van der Waals surface area contributed by atoms with Crippen molar-refractivity contribution in [3.8, 4) is 0 Å². The quantitative estimate of drug-likeness (QED) is 0.535. The molecule has 5 heteroatoms. The third-order valence-corrected chi connectivity index (χ3v) is 4.91. The number of rotatable bonds is 6. The first-order chi connectivity index (χ1) is 8.69. The summed E-state index contributed by atoms with van der Waals surface area (Å²) in [5.74, 6) is 1.25. The molecule has 4 unspecified atom stereocenters. The summed E-state index contributed by atoms with van der Waals surface area (Å²) in [6.07, 6.45) is 3.81. The van der Waals surface area contributed by atoms with Crippen molar-refractivity contribution in [2.75, 3.05) is 6.66 Å². The van der Waals surface area contributed by atoms with Gasteiger partial charge in [-0.05, 0) is 38.5 Å². The largest absolute Gasteiger partial charge is 0.328 e. The fourth-order valence-corrected chi connectivity index (χ4v) is 4.50. The van der Waals surface area contributed by atoms with Gasteiger partial charge in [-0.1, -0.05) is 32.5 Å². The number of hydrogen-bond acceptors (Lipinski definition) is 3. The van der Waals surface area contributed by atoms with E-state index in [1.165, 1.54) is 0 Å². The van der Waals surface area contributed by atoms with Crippen molar-refractivity contribution in [3.63, 3.8) is 0 Å². The average molecular weight is 286 g/mol. The molecule has 0 heterocycles. The van der Waals surface area contributed by atoms with Gasteiger partial charge in [-0.2, -0.15) is 0 Å². The Balaban J connectivity index is 2.64. The third-order valence-electron chi connectivity index (χ3n) is 3.46. The van der Waals surface area contributed by atoms with E-state index in [0.717, 1.165) is 25.7 Å². The molecule has 1 fully saturated rings. The normalized spacial score (nSPS) is 31.6. The first kappa shape index (κ1) is 17.3. The van der Waals surface area contributed by atoms with Crippen LogP contribution < -0.4 is 0 Å². The van der Waals surface area contributed by atoms with Crippen LogP contribution in [0.4, 0.5) is 0 Å². The second-order valence-corrected chi connectivity index (χ2v) is 8.50. The second kappa shape index (κ2) is 7.29. The summed E-state index contributed by atoms with van der Waals surface area (Å²) in [6.45, 7) is 9.73. The molecule has 3 nitrogen and oxygen atoms in total. The number of hydrogen-bond donors (Lipinski definition) is 0. The fraction of sp³-hybridized carbons (Fsp3) is 1.00. The molecule has 0 aromatic rings. The van der Waals surface area contributed by atoms with Crippen LogP contribution in [0.3, 0.4) is 0 Å². The van der Waals surface area contributed by atoms with Crippen molar-refractivity contribution in [3.05, 3.63) is 0 Å². The lowest BCUT2D eigenvalue weighted by atomic mass is 9.68. The molecule has 0 saturated heterocycles. The minimum atomic E-state index is -2.96. The van der Waals surface area contributed by atoms with Gasteiger partial charge in [0.25, 0.3) is 0 Å². The summed E-state index contributed by atoms with van der Waals surface area (Å²) in [5, 5.41) is 0. The molecule has 110 valence electrons. The zero-order valence-electron chi connectivity index (χ0n) is 13.0. The van der Waals surface area contributed by atoms with Crippen LogP contribution in [-0.2, 0) is 13.6 Å². The van der Waals surface area contributed by atoms with Gasteiger partial charge in [0, 0.05) is 6.66 Å². The van der Waals surface area contributed by atoms with Gasteiger partial charge in [-0.15, -0.1) is 0 Å². The lowest BCUT2D eigenvalue weighted by Crippen LogP contribution is -2.30. The molecule has 19 heavy (non-hydrogen) atoms. The fourth-order valence-electron chi connectivity index (χ4n) is 2.92. The predicted molar refractivity (Wildman–Crippen MR) is 80.9 cm³/mol. The lowest BCUT2D eigenvalue weighted by molar-refractivity contribution is 0.0554. The van der Waals surface area contributed by atoms with Crippen LogP contribution in [0.25, 0.3) is 0 Å². The minimum absolute atomic E-state index is 0.0248. The van der Waals surface area contributed by atoms with E-state index in [0.29, 0.717) is 11.8 Å². The highest BCUT2D eigenvalue weighted by Crippen LogP contribution is 2.50. The molecule has 0 aromatic heterocycles. The van der Waals surface area contributed by atoms with E-state index in [1.54, 1.807) is 6.66 Å². The van der Waals surface area contributed by atoms with Crippen LogP contribution >= 0.6 is 7.60 Å². The maximum Gasteiger partial charge on any atom is 0.328 e. The molecule has 4 atom stereocenters. The SMILES string of the molecule is [B]C1CCC(OP(C)(=O)OC(C)C)C(CC(C)C)C1. The maximum atomic E-state index is 12.3. The highest BCUT2D eigenvalue weighted by molar-refractivity contribution is 7.53. The standard InChI is InChI=1S/C14H28BO3P/c1-10(2)8-12-9-13(15)6-7-14(12)18-19(5,16)17-11(3)4/h10-14H,6-9H2,1-5H3. The van der Waals surface area contributed by atoms with Crippen molar-refractivity contribution in [2.24, 2.45) is 11.8 Å². The highest BCUT2D eigenvalue weighted by Gasteiger charge is 2.34. The van der Waals surface area contributed by atoms with Gasteiger partial charge in [-0.3, -0.25) is 4.57 Å². The predicted octanol–water partition coefficient (Wildman–Crippen LogP) is 4.42. The molecule has 0 spiro atoms. The van der Waals surface area contributed by atoms with Crippen LogP contribution in [0.15, 0.2) is 0 Å². The molecule has 1 aliphatic rings. The molecule has 1 rings (SSSR count). The summed E-state index contributed by atoms with van der Waals surface area (Å²) in [6, 6.07) is 0. The molecule has 1 aliphatic carbocycles. The first-order valence-corrected chi connectivity index (χ1v) is 9.38. The Morgan fingerprint density at radius 1 is 1.26 bits per heavy atom. The minimum Gasteiger partial charge on any atom is -0.306 e. The van der Waals surface area contributed by atoms with Crippen molar-refractivity contribution in [1.82, 2.24) is 0 Å². The molecular formula is C14H28BO3P. The molecular weight excluding hydrogens is 258 g/mol. The van der Waals surface area contributed by atoms with Crippen LogP contribution in [0.5, 0.6) is 0 Å². The maximum absolute atomic E-state index is 12.3. The van der Waals surface area contributed by atoms with Gasteiger partial charge in [0.05, 0.1) is 20.1 Å².